The van der Waals surface area contributed by atoms with Gasteiger partial charge in [0.2, 0.25) is 0 Å². The molecule has 0 fully saturated rings. The van der Waals surface area contributed by atoms with Crippen molar-refractivity contribution in [2.75, 3.05) is 0 Å². The average Bonchev–Trinajstić information content (AvgIpc) is 2.30. The van der Waals surface area contributed by atoms with E-state index in [2.05, 4.69) is 4.98 Å². The molecule has 0 unspecified atom stereocenters. The van der Waals surface area contributed by atoms with Crippen LogP contribution in [-0.2, 0) is 10.7 Å². The van der Waals surface area contributed by atoms with Crippen molar-refractivity contribution in [2.24, 2.45) is 0 Å². The van der Waals surface area contributed by atoms with Gasteiger partial charge in [0, 0.05) is 11.8 Å². The van der Waals surface area contributed by atoms with Gasteiger partial charge in [0.1, 0.15) is 5.82 Å². The summed E-state index contributed by atoms with van der Waals surface area (Å²) in [5.74, 6) is -0.264. The molecule has 2 nitrogen and oxygen atoms in total. The van der Waals surface area contributed by atoms with E-state index in [0.29, 0.717) is 6.16 Å². The van der Waals surface area contributed by atoms with E-state index in [1.54, 1.807) is 18.3 Å². The molecule has 0 saturated carbocycles. The molecule has 0 saturated heterocycles. The van der Waals surface area contributed by atoms with E-state index < -0.39 is 0 Å². The molecule has 0 N–H and O–H groups in total. The van der Waals surface area contributed by atoms with Gasteiger partial charge in [-0.1, -0.05) is 18.2 Å². The highest BCUT2D eigenvalue weighted by Crippen LogP contribution is 2.19. The van der Waals surface area contributed by atoms with E-state index in [1.165, 1.54) is 12.1 Å². The lowest BCUT2D eigenvalue weighted by atomic mass is 10.1. The lowest BCUT2D eigenvalue weighted by Crippen LogP contribution is -1.86. The Morgan fingerprint density at radius 2 is 2.06 bits per heavy atom. The normalized spacial score (nSPS) is 10.6. The minimum Gasteiger partial charge on any atom is -0.275 e. The molecular weight excluding hydrogens is 224 g/mol. The first-order valence-electron chi connectivity index (χ1n) is 4.79. The van der Waals surface area contributed by atoms with Crippen LogP contribution < -0.4 is 0 Å². The van der Waals surface area contributed by atoms with Crippen LogP contribution in [0.2, 0.25) is 0 Å². The predicted octanol–water partition coefficient (Wildman–Crippen LogP) is 3.68. The number of rotatable bonds is 3. The molecule has 16 heavy (non-hydrogen) atoms. The number of benzene rings is 1. The fraction of sp³-hybridized carbons (Fsp3) is 0.0833. The van der Waals surface area contributed by atoms with E-state index in [9.17, 15) is 8.96 Å². The Bertz CT molecular complexity index is 499. The SMILES string of the molecule is O=PCc1ccc(-c2cccc(F)c2)cn1. The summed E-state index contributed by atoms with van der Waals surface area (Å²) in [4.78, 5) is 4.15. The topological polar surface area (TPSA) is 30.0 Å². The maximum absolute atomic E-state index is 13.0. The van der Waals surface area contributed by atoms with Gasteiger partial charge < -0.3 is 0 Å². The van der Waals surface area contributed by atoms with Crippen LogP contribution in [0.25, 0.3) is 11.1 Å². The standard InChI is InChI=1S/C12H9FNOP/c13-11-3-1-2-9(6-11)10-4-5-12(8-16-15)14-7-10/h1-7H,8H2. The van der Waals surface area contributed by atoms with E-state index in [-0.39, 0.29) is 14.3 Å². The zero-order chi connectivity index (χ0) is 11.4. The van der Waals surface area contributed by atoms with Crippen LogP contribution in [0.15, 0.2) is 42.6 Å². The zero-order valence-electron chi connectivity index (χ0n) is 8.43. The van der Waals surface area contributed by atoms with Gasteiger partial charge in [-0.25, -0.2) is 4.39 Å². The second-order valence-electron chi connectivity index (χ2n) is 3.34. The molecule has 2 rings (SSSR count). The molecule has 1 aromatic carbocycles. The molecule has 0 atom stereocenters. The number of hydrogen-bond donors (Lipinski definition) is 0. The third kappa shape index (κ3) is 2.50. The number of pyridine rings is 1. The summed E-state index contributed by atoms with van der Waals surface area (Å²) < 4.78 is 23.4. The van der Waals surface area contributed by atoms with E-state index in [1.807, 2.05) is 12.1 Å². The highest BCUT2D eigenvalue weighted by Gasteiger charge is 2.00. The second kappa shape index (κ2) is 4.95. The Morgan fingerprint density at radius 3 is 2.69 bits per heavy atom. The fourth-order valence-corrected chi connectivity index (χ4v) is 1.74. The van der Waals surface area contributed by atoms with Gasteiger partial charge >= 0.3 is 0 Å². The van der Waals surface area contributed by atoms with E-state index in [4.69, 9.17) is 0 Å². The van der Waals surface area contributed by atoms with E-state index >= 15 is 0 Å². The molecule has 2 aromatic rings. The minimum atomic E-state index is -0.264. The molecule has 1 heterocycles. The largest absolute Gasteiger partial charge is 0.275 e. The Labute approximate surface area is 94.4 Å². The Balaban J connectivity index is 2.31. The molecule has 0 amide bonds. The molecule has 4 heteroatoms. The molecule has 0 spiro atoms. The van der Waals surface area contributed by atoms with Crippen molar-refractivity contribution in [3.8, 4) is 11.1 Å². The summed E-state index contributed by atoms with van der Waals surface area (Å²) >= 11 is 0. The lowest BCUT2D eigenvalue weighted by molar-refractivity contribution is 0.598. The van der Waals surface area contributed by atoms with Gasteiger partial charge in [-0.05, 0) is 23.8 Å². The number of halogens is 1. The smallest absolute Gasteiger partial charge is 0.161 e. The lowest BCUT2D eigenvalue weighted by Gasteiger charge is -2.01. The zero-order valence-corrected chi connectivity index (χ0v) is 9.32. The summed E-state index contributed by atoms with van der Waals surface area (Å²) in [7, 11) is 0.0552. The van der Waals surface area contributed by atoms with Crippen LogP contribution in [0.1, 0.15) is 5.69 Å². The predicted molar refractivity (Wildman–Crippen MR) is 60.9 cm³/mol. The molecule has 0 aliphatic rings. The highest BCUT2D eigenvalue weighted by molar-refractivity contribution is 7.22. The summed E-state index contributed by atoms with van der Waals surface area (Å²) in [5.41, 5.74) is 2.40. The van der Waals surface area contributed by atoms with Gasteiger partial charge in [0.15, 0.2) is 8.46 Å². The Morgan fingerprint density at radius 1 is 1.19 bits per heavy atom. The van der Waals surface area contributed by atoms with Crippen LogP contribution in [0, 0.1) is 5.82 Å². The van der Waals surface area contributed by atoms with Gasteiger partial charge in [-0.2, -0.15) is 0 Å². The van der Waals surface area contributed by atoms with Crippen LogP contribution in [0.5, 0.6) is 0 Å². The first-order valence-corrected chi connectivity index (χ1v) is 5.79. The fourth-order valence-electron chi connectivity index (χ4n) is 1.42. The summed E-state index contributed by atoms with van der Waals surface area (Å²) in [5, 5.41) is 0. The van der Waals surface area contributed by atoms with Crippen LogP contribution in [0.4, 0.5) is 4.39 Å². The summed E-state index contributed by atoms with van der Waals surface area (Å²) in [6.07, 6.45) is 2.07. The summed E-state index contributed by atoms with van der Waals surface area (Å²) in [6, 6.07) is 10.00. The third-order valence-electron chi connectivity index (χ3n) is 2.21. The minimum absolute atomic E-state index is 0.0552. The average molecular weight is 233 g/mol. The van der Waals surface area contributed by atoms with Gasteiger partial charge in [-0.15, -0.1) is 0 Å². The molecular formula is C12H9FNOP. The van der Waals surface area contributed by atoms with Gasteiger partial charge in [0.05, 0.1) is 11.9 Å². The molecule has 0 radical (unpaired) electrons. The summed E-state index contributed by atoms with van der Waals surface area (Å²) in [6.45, 7) is 0. The van der Waals surface area contributed by atoms with Crippen molar-refractivity contribution in [1.29, 1.82) is 0 Å². The van der Waals surface area contributed by atoms with Crippen molar-refractivity contribution in [1.82, 2.24) is 4.98 Å². The van der Waals surface area contributed by atoms with E-state index in [0.717, 1.165) is 16.8 Å². The molecule has 0 bridgehead atoms. The highest BCUT2D eigenvalue weighted by atomic mass is 31.1. The molecule has 1 aromatic heterocycles. The number of aromatic nitrogens is 1. The van der Waals surface area contributed by atoms with Gasteiger partial charge in [0.25, 0.3) is 0 Å². The third-order valence-corrected chi connectivity index (χ3v) is 2.66. The monoisotopic (exact) mass is 233 g/mol. The Kier molecular flexibility index (Phi) is 3.37. The first kappa shape index (κ1) is 10.9. The van der Waals surface area contributed by atoms with Crippen molar-refractivity contribution in [3.63, 3.8) is 0 Å². The van der Waals surface area contributed by atoms with Crippen LogP contribution >= 0.6 is 8.46 Å². The van der Waals surface area contributed by atoms with Crippen molar-refractivity contribution in [3.05, 3.63) is 54.1 Å². The first-order chi connectivity index (χ1) is 7.79. The van der Waals surface area contributed by atoms with Crippen LogP contribution in [0.3, 0.4) is 0 Å². The Hall–Kier alpha value is -1.60. The van der Waals surface area contributed by atoms with Crippen molar-refractivity contribution >= 4 is 8.46 Å². The van der Waals surface area contributed by atoms with Crippen molar-refractivity contribution < 1.29 is 8.96 Å². The van der Waals surface area contributed by atoms with Crippen molar-refractivity contribution in [2.45, 2.75) is 6.16 Å². The number of nitrogens with zero attached hydrogens (tertiary/aromatic N) is 1. The quantitative estimate of drug-likeness (QED) is 0.757. The molecule has 80 valence electrons. The van der Waals surface area contributed by atoms with Gasteiger partial charge in [-0.3, -0.25) is 9.55 Å². The molecule has 0 aliphatic carbocycles. The number of hydrogen-bond acceptors (Lipinski definition) is 2. The molecule has 0 aliphatic heterocycles. The maximum Gasteiger partial charge on any atom is 0.161 e. The maximum atomic E-state index is 13.0. The second-order valence-corrected chi connectivity index (χ2v) is 3.91. The van der Waals surface area contributed by atoms with Crippen LogP contribution in [-0.4, -0.2) is 4.98 Å².